The fourth-order valence-corrected chi connectivity index (χ4v) is 3.41. The van der Waals surface area contributed by atoms with Crippen LogP contribution in [0.5, 0.6) is 0 Å². The molecule has 124 valence electrons. The van der Waals surface area contributed by atoms with Crippen LogP contribution in [0.4, 0.5) is 0 Å². The van der Waals surface area contributed by atoms with Gasteiger partial charge in [0.15, 0.2) is 10.8 Å². The number of ketones is 1. The number of aryl methyl sites for hydroxylation is 2. The average Bonchev–Trinajstić information content (AvgIpc) is 3.22. The predicted octanol–water partition coefficient (Wildman–Crippen LogP) is 3.22. The molecule has 4 heterocycles. The second-order valence-corrected chi connectivity index (χ2v) is 6.73. The van der Waals surface area contributed by atoms with Crippen molar-refractivity contribution in [2.75, 3.05) is 0 Å². The van der Waals surface area contributed by atoms with Crippen molar-refractivity contribution in [3.8, 4) is 11.3 Å². The molecule has 4 aromatic heterocycles. The number of carbonyl (C=O) groups is 1. The summed E-state index contributed by atoms with van der Waals surface area (Å²) in [6.45, 7) is 1.88. The van der Waals surface area contributed by atoms with Gasteiger partial charge in [-0.3, -0.25) is 14.8 Å². The topological polar surface area (TPSA) is 73.6 Å². The maximum atomic E-state index is 12.3. The van der Waals surface area contributed by atoms with Gasteiger partial charge in [-0.1, -0.05) is 0 Å². The summed E-state index contributed by atoms with van der Waals surface area (Å²) < 4.78 is 1.94. The molecular formula is C18H15N5OS. The van der Waals surface area contributed by atoms with Crippen LogP contribution < -0.4 is 0 Å². The second kappa shape index (κ2) is 6.18. The van der Waals surface area contributed by atoms with E-state index in [0.717, 1.165) is 27.9 Å². The molecule has 4 aromatic rings. The molecule has 0 aliphatic rings. The van der Waals surface area contributed by atoms with Crippen molar-refractivity contribution in [1.29, 1.82) is 0 Å². The molecular weight excluding hydrogens is 334 g/mol. The van der Waals surface area contributed by atoms with Crippen molar-refractivity contribution < 1.29 is 4.79 Å². The van der Waals surface area contributed by atoms with Gasteiger partial charge < -0.3 is 4.57 Å². The van der Waals surface area contributed by atoms with Crippen molar-refractivity contribution in [3.05, 3.63) is 58.8 Å². The number of pyridine rings is 2. The number of aromatic nitrogens is 5. The summed E-state index contributed by atoms with van der Waals surface area (Å²) in [4.78, 5) is 29.6. The van der Waals surface area contributed by atoms with Crippen LogP contribution in [0.3, 0.4) is 0 Å². The molecule has 0 radical (unpaired) electrons. The molecule has 0 amide bonds. The van der Waals surface area contributed by atoms with Crippen molar-refractivity contribution >= 4 is 28.0 Å². The molecule has 6 nitrogen and oxygen atoms in total. The SMILES string of the molecule is Cc1csc(C(=O)Cc2cc3cc(-c4cncn4C)cnc3cn2)n1. The first kappa shape index (κ1) is 15.6. The summed E-state index contributed by atoms with van der Waals surface area (Å²) in [5.41, 5.74) is 4.35. The Balaban J connectivity index is 1.67. The molecule has 0 saturated carbocycles. The quantitative estimate of drug-likeness (QED) is 0.529. The molecule has 0 bridgehead atoms. The van der Waals surface area contributed by atoms with E-state index in [0.29, 0.717) is 10.7 Å². The first-order chi connectivity index (χ1) is 12.1. The molecule has 0 spiro atoms. The normalized spacial score (nSPS) is 11.1. The van der Waals surface area contributed by atoms with Crippen LogP contribution >= 0.6 is 11.3 Å². The van der Waals surface area contributed by atoms with E-state index in [1.807, 2.05) is 42.2 Å². The minimum absolute atomic E-state index is 0.0132. The van der Waals surface area contributed by atoms with Crippen molar-refractivity contribution in [2.45, 2.75) is 13.3 Å². The third kappa shape index (κ3) is 3.06. The minimum Gasteiger partial charge on any atom is -0.334 e. The number of imidazole rings is 1. The molecule has 0 atom stereocenters. The van der Waals surface area contributed by atoms with Crippen molar-refractivity contribution in [1.82, 2.24) is 24.5 Å². The molecule has 25 heavy (non-hydrogen) atoms. The summed E-state index contributed by atoms with van der Waals surface area (Å²) in [6, 6.07) is 3.96. The van der Waals surface area contributed by atoms with Crippen LogP contribution in [0.1, 0.15) is 21.2 Å². The molecule has 0 aliphatic heterocycles. The van der Waals surface area contributed by atoms with Gasteiger partial charge in [0.05, 0.1) is 36.4 Å². The highest BCUT2D eigenvalue weighted by molar-refractivity contribution is 7.11. The zero-order valence-corrected chi connectivity index (χ0v) is 14.6. The minimum atomic E-state index is -0.0132. The lowest BCUT2D eigenvalue weighted by Crippen LogP contribution is -2.05. The summed E-state index contributed by atoms with van der Waals surface area (Å²) in [6.07, 6.45) is 7.31. The molecule has 4 rings (SSSR count). The number of fused-ring (bicyclic) bond motifs is 1. The molecule has 0 aromatic carbocycles. The van der Waals surface area contributed by atoms with Crippen molar-refractivity contribution in [2.24, 2.45) is 7.05 Å². The molecule has 0 fully saturated rings. The molecule has 0 saturated heterocycles. The number of Topliss-reactive ketones (excluding diaryl/α,β-unsaturated/α-hetero) is 1. The summed E-state index contributed by atoms with van der Waals surface area (Å²) in [7, 11) is 1.94. The highest BCUT2D eigenvalue weighted by atomic mass is 32.1. The van der Waals surface area contributed by atoms with Crippen LogP contribution in [0, 0.1) is 6.92 Å². The number of hydrogen-bond acceptors (Lipinski definition) is 6. The van der Waals surface area contributed by atoms with Gasteiger partial charge in [0, 0.05) is 41.0 Å². The Hall–Kier alpha value is -2.93. The van der Waals surface area contributed by atoms with E-state index < -0.39 is 0 Å². The first-order valence-electron chi connectivity index (χ1n) is 7.77. The predicted molar refractivity (Wildman–Crippen MR) is 96.6 cm³/mol. The Morgan fingerprint density at radius 1 is 1.20 bits per heavy atom. The summed E-state index contributed by atoms with van der Waals surface area (Å²) in [5.74, 6) is -0.0132. The highest BCUT2D eigenvalue weighted by Crippen LogP contribution is 2.22. The molecule has 7 heteroatoms. The average molecular weight is 349 g/mol. The number of thiazole rings is 1. The van der Waals surface area contributed by atoms with Gasteiger partial charge in [0.1, 0.15) is 0 Å². The standard InChI is InChI=1S/C18H15N5OS/c1-11-9-25-18(22-11)17(24)5-14-4-12-3-13(6-21-15(12)7-20-14)16-8-19-10-23(16)2/h3-4,6-10H,5H2,1-2H3. The van der Waals surface area contributed by atoms with Gasteiger partial charge in [-0.05, 0) is 19.1 Å². The third-order valence-corrected chi connectivity index (χ3v) is 4.94. The van der Waals surface area contributed by atoms with Crippen molar-refractivity contribution in [3.63, 3.8) is 0 Å². The van der Waals surface area contributed by atoms with Gasteiger partial charge in [-0.2, -0.15) is 0 Å². The fourth-order valence-electron chi connectivity index (χ4n) is 2.67. The van der Waals surface area contributed by atoms with Crippen LogP contribution in [0.15, 0.2) is 42.4 Å². The fraction of sp³-hybridized carbons (Fsp3) is 0.167. The highest BCUT2D eigenvalue weighted by Gasteiger charge is 2.13. The lowest BCUT2D eigenvalue weighted by molar-refractivity contribution is 0.0991. The van der Waals surface area contributed by atoms with E-state index in [-0.39, 0.29) is 12.2 Å². The molecule has 0 N–H and O–H groups in total. The Labute approximate surface area is 148 Å². The molecule has 0 aliphatic carbocycles. The van der Waals surface area contributed by atoms with Gasteiger partial charge >= 0.3 is 0 Å². The van der Waals surface area contributed by atoms with Gasteiger partial charge in [0.2, 0.25) is 0 Å². The van der Waals surface area contributed by atoms with E-state index >= 15 is 0 Å². The van der Waals surface area contributed by atoms with Gasteiger partial charge in [-0.25, -0.2) is 9.97 Å². The third-order valence-electron chi connectivity index (χ3n) is 3.94. The van der Waals surface area contributed by atoms with Crippen LogP contribution in [0.25, 0.3) is 22.2 Å². The Morgan fingerprint density at radius 3 is 2.80 bits per heavy atom. The molecule has 0 unspecified atom stereocenters. The Morgan fingerprint density at radius 2 is 2.08 bits per heavy atom. The summed E-state index contributed by atoms with van der Waals surface area (Å²) in [5, 5.41) is 3.36. The van der Waals surface area contributed by atoms with Crippen LogP contribution in [0.2, 0.25) is 0 Å². The number of rotatable bonds is 4. The van der Waals surface area contributed by atoms with E-state index in [1.165, 1.54) is 11.3 Å². The maximum absolute atomic E-state index is 12.3. The van der Waals surface area contributed by atoms with Gasteiger partial charge in [0.25, 0.3) is 0 Å². The largest absolute Gasteiger partial charge is 0.334 e. The number of carbonyl (C=O) groups excluding carboxylic acids is 1. The first-order valence-corrected chi connectivity index (χ1v) is 8.65. The monoisotopic (exact) mass is 349 g/mol. The maximum Gasteiger partial charge on any atom is 0.197 e. The second-order valence-electron chi connectivity index (χ2n) is 5.88. The Bertz CT molecular complexity index is 1080. The number of hydrogen-bond donors (Lipinski definition) is 0. The van der Waals surface area contributed by atoms with Crippen LogP contribution in [-0.2, 0) is 13.5 Å². The Kier molecular flexibility index (Phi) is 3.85. The summed E-state index contributed by atoms with van der Waals surface area (Å²) >= 11 is 1.37. The zero-order chi connectivity index (χ0) is 17.4. The van der Waals surface area contributed by atoms with E-state index in [1.54, 1.807) is 18.7 Å². The van der Waals surface area contributed by atoms with E-state index in [4.69, 9.17) is 0 Å². The van der Waals surface area contributed by atoms with Crippen LogP contribution in [-0.4, -0.2) is 30.3 Å². The van der Waals surface area contributed by atoms with Gasteiger partial charge in [-0.15, -0.1) is 11.3 Å². The van der Waals surface area contributed by atoms with E-state index in [2.05, 4.69) is 19.9 Å². The van der Waals surface area contributed by atoms with E-state index in [9.17, 15) is 4.79 Å². The number of nitrogens with zero attached hydrogens (tertiary/aromatic N) is 5. The smallest absolute Gasteiger partial charge is 0.197 e. The lowest BCUT2D eigenvalue weighted by Gasteiger charge is -2.05. The lowest BCUT2D eigenvalue weighted by atomic mass is 10.1. The zero-order valence-electron chi connectivity index (χ0n) is 13.8.